The van der Waals surface area contributed by atoms with Gasteiger partial charge in [0.25, 0.3) is 5.91 Å². The molecule has 1 aromatic heterocycles. The number of piperidine rings is 1. The fourth-order valence-electron chi connectivity index (χ4n) is 3.20. The van der Waals surface area contributed by atoms with Crippen molar-refractivity contribution in [2.45, 2.75) is 26.2 Å². The monoisotopic (exact) mass is 354 g/mol. The van der Waals surface area contributed by atoms with E-state index in [0.717, 1.165) is 38.2 Å². The van der Waals surface area contributed by atoms with Crippen molar-refractivity contribution in [2.75, 3.05) is 32.1 Å². The lowest BCUT2D eigenvalue weighted by Gasteiger charge is -2.30. The van der Waals surface area contributed by atoms with Gasteiger partial charge in [-0.05, 0) is 55.0 Å². The Morgan fingerprint density at radius 1 is 1.23 bits per heavy atom. The number of carbonyl (C=O) groups is 1. The average molecular weight is 354 g/mol. The van der Waals surface area contributed by atoms with Crippen LogP contribution in [0.4, 0.5) is 5.82 Å². The summed E-state index contributed by atoms with van der Waals surface area (Å²) in [5.41, 5.74) is 1.64. The summed E-state index contributed by atoms with van der Waals surface area (Å²) in [6, 6.07) is 11.6. The lowest BCUT2D eigenvalue weighted by atomic mass is 10.00. The summed E-state index contributed by atoms with van der Waals surface area (Å²) >= 11 is 0. The first-order chi connectivity index (χ1) is 12.7. The van der Waals surface area contributed by atoms with Crippen LogP contribution in [-0.2, 0) is 6.42 Å². The van der Waals surface area contributed by atoms with Gasteiger partial charge in [0, 0.05) is 19.6 Å². The Morgan fingerprint density at radius 2 is 2.04 bits per heavy atom. The zero-order valence-corrected chi connectivity index (χ0v) is 15.4. The number of methoxy groups -OCH3 is 1. The molecule has 1 fully saturated rings. The molecule has 0 aliphatic carbocycles. The topological polar surface area (TPSA) is 67.3 Å². The molecule has 138 valence electrons. The van der Waals surface area contributed by atoms with E-state index in [9.17, 15) is 4.79 Å². The summed E-state index contributed by atoms with van der Waals surface area (Å²) in [7, 11) is 1.66. The minimum Gasteiger partial charge on any atom is -0.497 e. The smallest absolute Gasteiger partial charge is 0.274 e. The van der Waals surface area contributed by atoms with Crippen molar-refractivity contribution >= 4 is 11.7 Å². The van der Waals surface area contributed by atoms with Crippen LogP contribution in [0.1, 0.15) is 35.8 Å². The summed E-state index contributed by atoms with van der Waals surface area (Å²) in [4.78, 5) is 14.4. The Labute approximate surface area is 154 Å². The van der Waals surface area contributed by atoms with Gasteiger partial charge < -0.3 is 15.0 Å². The highest BCUT2D eigenvalue weighted by Crippen LogP contribution is 2.17. The second kappa shape index (κ2) is 8.65. The third kappa shape index (κ3) is 4.71. The number of hydrogen-bond donors (Lipinski definition) is 1. The first kappa shape index (κ1) is 18.2. The Bertz CT molecular complexity index is 716. The van der Waals surface area contributed by atoms with Crippen LogP contribution in [0, 0.1) is 5.92 Å². The van der Waals surface area contributed by atoms with Crippen molar-refractivity contribution in [1.82, 2.24) is 15.1 Å². The molecule has 0 saturated carbocycles. The third-order valence-corrected chi connectivity index (χ3v) is 4.71. The second-order valence-corrected chi connectivity index (χ2v) is 6.83. The van der Waals surface area contributed by atoms with E-state index in [1.807, 2.05) is 35.2 Å². The molecule has 26 heavy (non-hydrogen) atoms. The van der Waals surface area contributed by atoms with Crippen molar-refractivity contribution in [3.05, 3.63) is 47.7 Å². The Morgan fingerprint density at radius 3 is 2.69 bits per heavy atom. The standard InChI is InChI=1S/C20H26N4O2/c1-15-4-3-13-24(14-15)20(25)18-9-10-19(23-22-18)21-12-11-16-5-7-17(26-2)8-6-16/h5-10,15H,3-4,11-14H2,1-2H3,(H,21,23). The average Bonchev–Trinajstić information content (AvgIpc) is 2.68. The van der Waals surface area contributed by atoms with E-state index in [2.05, 4.69) is 22.4 Å². The van der Waals surface area contributed by atoms with Gasteiger partial charge in [-0.2, -0.15) is 0 Å². The van der Waals surface area contributed by atoms with Crippen molar-refractivity contribution < 1.29 is 9.53 Å². The van der Waals surface area contributed by atoms with Crippen LogP contribution in [0.2, 0.25) is 0 Å². The molecule has 1 aliphatic rings. The zero-order valence-electron chi connectivity index (χ0n) is 15.4. The van der Waals surface area contributed by atoms with E-state index in [-0.39, 0.29) is 5.91 Å². The third-order valence-electron chi connectivity index (χ3n) is 4.71. The molecule has 1 aromatic carbocycles. The lowest BCUT2D eigenvalue weighted by molar-refractivity contribution is 0.0676. The fraction of sp³-hybridized carbons (Fsp3) is 0.450. The van der Waals surface area contributed by atoms with Crippen LogP contribution < -0.4 is 10.1 Å². The van der Waals surface area contributed by atoms with Crippen LogP contribution in [0.3, 0.4) is 0 Å². The number of amides is 1. The van der Waals surface area contributed by atoms with Gasteiger partial charge in [-0.1, -0.05) is 19.1 Å². The van der Waals surface area contributed by atoms with Crippen molar-refractivity contribution in [3.8, 4) is 5.75 Å². The largest absolute Gasteiger partial charge is 0.497 e. The first-order valence-corrected chi connectivity index (χ1v) is 9.15. The molecule has 1 N–H and O–H groups in total. The molecule has 1 aliphatic heterocycles. The molecule has 1 unspecified atom stereocenters. The van der Waals surface area contributed by atoms with Gasteiger partial charge in [0.15, 0.2) is 5.69 Å². The highest BCUT2D eigenvalue weighted by Gasteiger charge is 2.23. The van der Waals surface area contributed by atoms with Gasteiger partial charge in [0.2, 0.25) is 0 Å². The SMILES string of the molecule is COc1ccc(CCNc2ccc(C(=O)N3CCCC(C)C3)nn2)cc1. The maximum absolute atomic E-state index is 12.5. The number of nitrogens with zero attached hydrogens (tertiary/aromatic N) is 3. The maximum atomic E-state index is 12.5. The van der Waals surface area contributed by atoms with Gasteiger partial charge in [-0.15, -0.1) is 10.2 Å². The summed E-state index contributed by atoms with van der Waals surface area (Å²) in [5.74, 6) is 2.08. The van der Waals surface area contributed by atoms with Crippen molar-refractivity contribution in [2.24, 2.45) is 5.92 Å². The Kier molecular flexibility index (Phi) is 6.04. The van der Waals surface area contributed by atoms with Gasteiger partial charge in [0.05, 0.1) is 7.11 Å². The quantitative estimate of drug-likeness (QED) is 0.864. The minimum atomic E-state index is -0.0196. The molecular formula is C20H26N4O2. The van der Waals surface area contributed by atoms with E-state index in [0.29, 0.717) is 17.4 Å². The molecule has 3 rings (SSSR count). The highest BCUT2D eigenvalue weighted by atomic mass is 16.5. The molecule has 6 nitrogen and oxygen atoms in total. The van der Waals surface area contributed by atoms with Crippen LogP contribution in [0.15, 0.2) is 36.4 Å². The lowest BCUT2D eigenvalue weighted by Crippen LogP contribution is -2.39. The molecular weight excluding hydrogens is 328 g/mol. The van der Waals surface area contributed by atoms with Crippen LogP contribution in [-0.4, -0.2) is 47.7 Å². The molecule has 1 atom stereocenters. The number of carbonyl (C=O) groups excluding carboxylic acids is 1. The predicted octanol–water partition coefficient (Wildman–Crippen LogP) is 3.01. The van der Waals surface area contributed by atoms with E-state index >= 15 is 0 Å². The molecule has 0 spiro atoms. The molecule has 0 radical (unpaired) electrons. The number of ether oxygens (including phenoxy) is 1. The molecule has 2 aromatic rings. The number of likely N-dealkylation sites (tertiary alicyclic amines) is 1. The molecule has 0 bridgehead atoms. The molecule has 2 heterocycles. The zero-order chi connectivity index (χ0) is 18.4. The van der Waals surface area contributed by atoms with Gasteiger partial charge in [0.1, 0.15) is 11.6 Å². The number of rotatable bonds is 6. The van der Waals surface area contributed by atoms with E-state index in [1.165, 1.54) is 12.0 Å². The van der Waals surface area contributed by atoms with Gasteiger partial charge >= 0.3 is 0 Å². The predicted molar refractivity (Wildman–Crippen MR) is 102 cm³/mol. The van der Waals surface area contributed by atoms with Crippen molar-refractivity contribution in [3.63, 3.8) is 0 Å². The summed E-state index contributed by atoms with van der Waals surface area (Å²) in [5, 5.41) is 11.5. The van der Waals surface area contributed by atoms with Crippen LogP contribution >= 0.6 is 0 Å². The highest BCUT2D eigenvalue weighted by molar-refractivity contribution is 5.92. The minimum absolute atomic E-state index is 0.0196. The first-order valence-electron chi connectivity index (χ1n) is 9.15. The second-order valence-electron chi connectivity index (χ2n) is 6.83. The fourth-order valence-corrected chi connectivity index (χ4v) is 3.20. The van der Waals surface area contributed by atoms with E-state index < -0.39 is 0 Å². The normalized spacial score (nSPS) is 17.0. The number of aromatic nitrogens is 2. The Hall–Kier alpha value is -2.63. The summed E-state index contributed by atoms with van der Waals surface area (Å²) in [6.45, 7) is 4.55. The number of nitrogens with one attached hydrogen (secondary N) is 1. The number of hydrogen-bond acceptors (Lipinski definition) is 5. The number of benzene rings is 1. The summed E-state index contributed by atoms with van der Waals surface area (Å²) in [6.07, 6.45) is 3.12. The molecule has 1 saturated heterocycles. The Balaban J connectivity index is 1.50. The van der Waals surface area contributed by atoms with Gasteiger partial charge in [-0.25, -0.2) is 0 Å². The van der Waals surface area contributed by atoms with E-state index in [4.69, 9.17) is 4.74 Å². The number of anilines is 1. The maximum Gasteiger partial charge on any atom is 0.274 e. The van der Waals surface area contributed by atoms with Gasteiger partial charge in [-0.3, -0.25) is 4.79 Å². The van der Waals surface area contributed by atoms with Crippen molar-refractivity contribution in [1.29, 1.82) is 0 Å². The van der Waals surface area contributed by atoms with Crippen LogP contribution in [0.25, 0.3) is 0 Å². The summed E-state index contributed by atoms with van der Waals surface area (Å²) < 4.78 is 5.16. The molecule has 1 amide bonds. The van der Waals surface area contributed by atoms with E-state index in [1.54, 1.807) is 13.2 Å². The molecule has 6 heteroatoms. The van der Waals surface area contributed by atoms with Crippen LogP contribution in [0.5, 0.6) is 5.75 Å².